The number of hydrogen-bond acceptors (Lipinski definition) is 6. The van der Waals surface area contributed by atoms with Crippen molar-refractivity contribution in [3.8, 4) is 17.2 Å². The Balaban J connectivity index is 1.78. The second kappa shape index (κ2) is 12.1. The highest BCUT2D eigenvalue weighted by Gasteiger charge is 2.18. The lowest BCUT2D eigenvalue weighted by molar-refractivity contribution is 0.0954. The third-order valence-electron chi connectivity index (χ3n) is 4.82. The fraction of sp³-hybridized carbons (Fsp3) is 0.320. The van der Waals surface area contributed by atoms with E-state index < -0.39 is 5.91 Å². The number of rotatable bonds is 11. The minimum atomic E-state index is -0.424. The van der Waals surface area contributed by atoms with E-state index >= 15 is 0 Å². The minimum absolute atomic E-state index is 0.329. The monoisotopic (exact) mass is 484 g/mol. The van der Waals surface area contributed by atoms with E-state index in [4.69, 9.17) is 25.8 Å². The molecular formula is C25H29ClN4O4. The molecule has 0 aliphatic rings. The van der Waals surface area contributed by atoms with Gasteiger partial charge in [0.1, 0.15) is 5.15 Å². The third kappa shape index (κ3) is 6.08. The SMILES string of the molecule is CCOc1cc(C(=O)N/N=C/c2c(C)nn(Cc3ccccc3)c2Cl)cc(OCC)c1OCC. The molecule has 0 radical (unpaired) electrons. The van der Waals surface area contributed by atoms with Crippen LogP contribution >= 0.6 is 11.6 Å². The van der Waals surface area contributed by atoms with Crippen molar-refractivity contribution in [2.45, 2.75) is 34.2 Å². The van der Waals surface area contributed by atoms with E-state index in [1.807, 2.05) is 58.0 Å². The number of hydrogen-bond donors (Lipinski definition) is 1. The smallest absolute Gasteiger partial charge is 0.271 e. The number of aryl methyl sites for hydroxylation is 1. The lowest BCUT2D eigenvalue weighted by atomic mass is 10.1. The van der Waals surface area contributed by atoms with Crippen molar-refractivity contribution in [3.63, 3.8) is 0 Å². The van der Waals surface area contributed by atoms with Crippen LogP contribution in [0.3, 0.4) is 0 Å². The number of amides is 1. The molecule has 8 nitrogen and oxygen atoms in total. The van der Waals surface area contributed by atoms with Crippen LogP contribution < -0.4 is 19.6 Å². The van der Waals surface area contributed by atoms with E-state index in [0.29, 0.717) is 65.6 Å². The van der Waals surface area contributed by atoms with Gasteiger partial charge < -0.3 is 14.2 Å². The Bertz CT molecular complexity index is 1120. The van der Waals surface area contributed by atoms with E-state index in [0.717, 1.165) is 5.56 Å². The van der Waals surface area contributed by atoms with E-state index in [2.05, 4.69) is 15.6 Å². The second-order valence-electron chi connectivity index (χ2n) is 7.23. The summed E-state index contributed by atoms with van der Waals surface area (Å²) in [4.78, 5) is 12.8. The van der Waals surface area contributed by atoms with E-state index in [9.17, 15) is 4.79 Å². The quantitative estimate of drug-likeness (QED) is 0.310. The van der Waals surface area contributed by atoms with Gasteiger partial charge in [0.05, 0.1) is 43.8 Å². The Morgan fingerprint density at radius 2 is 1.68 bits per heavy atom. The molecule has 3 rings (SSSR count). The van der Waals surface area contributed by atoms with E-state index in [-0.39, 0.29) is 0 Å². The Kier molecular flexibility index (Phi) is 8.93. The summed E-state index contributed by atoms with van der Waals surface area (Å²) in [5, 5.41) is 9.02. The Labute approximate surface area is 204 Å². The van der Waals surface area contributed by atoms with Crippen molar-refractivity contribution < 1.29 is 19.0 Å². The molecule has 0 saturated heterocycles. The van der Waals surface area contributed by atoms with Crippen LogP contribution in [0.5, 0.6) is 17.2 Å². The second-order valence-corrected chi connectivity index (χ2v) is 7.59. The molecule has 0 fully saturated rings. The van der Waals surface area contributed by atoms with E-state index in [1.165, 1.54) is 6.21 Å². The first kappa shape index (κ1) is 25.1. The van der Waals surface area contributed by atoms with Crippen LogP contribution in [0.4, 0.5) is 0 Å². The predicted molar refractivity (Wildman–Crippen MR) is 133 cm³/mol. The number of halogens is 1. The summed E-state index contributed by atoms with van der Waals surface area (Å²) in [7, 11) is 0. The fourth-order valence-corrected chi connectivity index (χ4v) is 3.60. The Morgan fingerprint density at radius 3 is 2.26 bits per heavy atom. The van der Waals surface area contributed by atoms with Crippen LogP contribution in [0.15, 0.2) is 47.6 Å². The normalized spacial score (nSPS) is 11.0. The van der Waals surface area contributed by atoms with Gasteiger partial charge in [-0.1, -0.05) is 41.9 Å². The number of carbonyl (C=O) groups excluding carboxylic acids is 1. The van der Waals surface area contributed by atoms with Gasteiger partial charge in [0.25, 0.3) is 5.91 Å². The maximum Gasteiger partial charge on any atom is 0.271 e. The standard InChI is InChI=1S/C25H29ClN4O4/c1-5-32-21-13-19(14-22(33-6-2)23(21)34-7-3)25(31)28-27-15-20-17(4)29-30(24(20)26)16-18-11-9-8-10-12-18/h8-15H,5-7,16H2,1-4H3,(H,28,31)/b27-15+. The fourth-order valence-electron chi connectivity index (χ4n) is 3.31. The van der Waals surface area contributed by atoms with Crippen molar-refractivity contribution >= 4 is 23.7 Å². The number of ether oxygens (including phenoxy) is 3. The molecule has 0 aliphatic heterocycles. The highest BCUT2D eigenvalue weighted by Crippen LogP contribution is 2.39. The van der Waals surface area contributed by atoms with Gasteiger partial charge in [-0.15, -0.1) is 0 Å². The zero-order valence-electron chi connectivity index (χ0n) is 19.8. The summed E-state index contributed by atoms with van der Waals surface area (Å²) >= 11 is 6.52. The molecule has 180 valence electrons. The maximum atomic E-state index is 12.8. The number of nitrogens with one attached hydrogen (secondary N) is 1. The highest BCUT2D eigenvalue weighted by molar-refractivity contribution is 6.32. The lowest BCUT2D eigenvalue weighted by Gasteiger charge is -2.16. The Hall–Kier alpha value is -3.52. The molecule has 1 N–H and O–H groups in total. The summed E-state index contributed by atoms with van der Waals surface area (Å²) < 4.78 is 18.7. The molecule has 1 aromatic heterocycles. The first-order chi connectivity index (χ1) is 16.5. The van der Waals surface area contributed by atoms with Gasteiger partial charge in [-0.25, -0.2) is 10.1 Å². The first-order valence-corrected chi connectivity index (χ1v) is 11.5. The number of hydrazone groups is 1. The molecule has 0 atom stereocenters. The largest absolute Gasteiger partial charge is 0.490 e. The van der Waals surface area contributed by atoms with E-state index in [1.54, 1.807) is 16.8 Å². The highest BCUT2D eigenvalue weighted by atomic mass is 35.5. The van der Waals surface area contributed by atoms with Gasteiger partial charge in [-0.2, -0.15) is 10.2 Å². The predicted octanol–water partition coefficient (Wildman–Crippen LogP) is 4.85. The molecule has 34 heavy (non-hydrogen) atoms. The zero-order chi connectivity index (χ0) is 24.5. The van der Waals surface area contributed by atoms with Crippen molar-refractivity contribution in [2.75, 3.05) is 19.8 Å². The van der Waals surface area contributed by atoms with Crippen molar-refractivity contribution in [2.24, 2.45) is 5.10 Å². The summed E-state index contributed by atoms with van der Waals surface area (Å²) in [6.45, 7) is 9.23. The average molecular weight is 485 g/mol. The van der Waals surface area contributed by atoms with Crippen LogP contribution in [0.1, 0.15) is 48.0 Å². The molecule has 0 bridgehead atoms. The maximum absolute atomic E-state index is 12.8. The first-order valence-electron chi connectivity index (χ1n) is 11.1. The van der Waals surface area contributed by atoms with Crippen LogP contribution in [0.25, 0.3) is 0 Å². The van der Waals surface area contributed by atoms with Crippen LogP contribution in [0, 0.1) is 6.92 Å². The number of carbonyl (C=O) groups is 1. The van der Waals surface area contributed by atoms with Gasteiger partial charge in [0, 0.05) is 5.56 Å². The number of benzene rings is 2. The number of aromatic nitrogens is 2. The molecular weight excluding hydrogens is 456 g/mol. The summed E-state index contributed by atoms with van der Waals surface area (Å²) in [6.07, 6.45) is 1.49. The molecule has 9 heteroatoms. The summed E-state index contributed by atoms with van der Waals surface area (Å²) in [5.41, 5.74) is 5.28. The minimum Gasteiger partial charge on any atom is -0.490 e. The average Bonchev–Trinajstić information content (AvgIpc) is 3.09. The van der Waals surface area contributed by atoms with Crippen molar-refractivity contribution in [3.05, 3.63) is 70.0 Å². The third-order valence-corrected chi connectivity index (χ3v) is 5.21. The van der Waals surface area contributed by atoms with Crippen LogP contribution in [-0.2, 0) is 6.54 Å². The van der Waals surface area contributed by atoms with Gasteiger partial charge in [-0.3, -0.25) is 4.79 Å². The molecule has 0 spiro atoms. The molecule has 3 aromatic rings. The molecule has 0 aliphatic carbocycles. The molecule has 0 saturated carbocycles. The molecule has 2 aromatic carbocycles. The summed E-state index contributed by atoms with van der Waals surface area (Å²) in [5.74, 6) is 0.919. The van der Waals surface area contributed by atoms with Crippen molar-refractivity contribution in [1.82, 2.24) is 15.2 Å². The molecule has 0 unspecified atom stereocenters. The topological polar surface area (TPSA) is 87.0 Å². The lowest BCUT2D eigenvalue weighted by Crippen LogP contribution is -2.18. The summed E-state index contributed by atoms with van der Waals surface area (Å²) in [6, 6.07) is 13.1. The van der Waals surface area contributed by atoms with Crippen LogP contribution in [-0.4, -0.2) is 41.7 Å². The van der Waals surface area contributed by atoms with Crippen molar-refractivity contribution in [1.29, 1.82) is 0 Å². The van der Waals surface area contributed by atoms with Gasteiger partial charge >= 0.3 is 0 Å². The molecule has 1 heterocycles. The van der Waals surface area contributed by atoms with Crippen LogP contribution in [0.2, 0.25) is 5.15 Å². The number of nitrogens with zero attached hydrogens (tertiary/aromatic N) is 3. The van der Waals surface area contributed by atoms with Gasteiger partial charge in [-0.05, 0) is 45.4 Å². The Morgan fingerprint density at radius 1 is 1.06 bits per heavy atom. The van der Waals surface area contributed by atoms with Gasteiger partial charge in [0.2, 0.25) is 5.75 Å². The zero-order valence-corrected chi connectivity index (χ0v) is 20.6. The van der Waals surface area contributed by atoms with Gasteiger partial charge in [0.15, 0.2) is 11.5 Å². The molecule has 1 amide bonds.